The lowest BCUT2D eigenvalue weighted by Gasteiger charge is -2.24. The van der Waals surface area contributed by atoms with Crippen LogP contribution in [0.5, 0.6) is 0 Å². The monoisotopic (exact) mass is 361 g/mol. The van der Waals surface area contributed by atoms with E-state index < -0.39 is 18.0 Å². The zero-order chi connectivity index (χ0) is 18.9. The summed E-state index contributed by atoms with van der Waals surface area (Å²) in [6.45, 7) is 1.92. The molecule has 0 radical (unpaired) electrons. The summed E-state index contributed by atoms with van der Waals surface area (Å²) >= 11 is 0. The first-order valence-electron chi connectivity index (χ1n) is 8.09. The number of methoxy groups -OCH3 is 1. The molecule has 26 heavy (non-hydrogen) atoms. The molecule has 9 nitrogen and oxygen atoms in total. The van der Waals surface area contributed by atoms with Gasteiger partial charge in [0.25, 0.3) is 0 Å². The van der Waals surface area contributed by atoms with E-state index in [2.05, 4.69) is 16.6 Å². The third kappa shape index (κ3) is 5.19. The van der Waals surface area contributed by atoms with Gasteiger partial charge in [0.2, 0.25) is 5.91 Å². The Hall–Kier alpha value is -3.12. The molecule has 0 spiro atoms. The molecule has 0 aromatic heterocycles. The summed E-state index contributed by atoms with van der Waals surface area (Å²) in [5.74, 6) is -1.57. The molecule has 0 aliphatic carbocycles. The van der Waals surface area contributed by atoms with Gasteiger partial charge in [-0.2, -0.15) is 0 Å². The van der Waals surface area contributed by atoms with Gasteiger partial charge in [0.15, 0.2) is 0 Å². The maximum absolute atomic E-state index is 12.2. The molecule has 1 aromatic carbocycles. The van der Waals surface area contributed by atoms with E-state index in [0.29, 0.717) is 0 Å². The van der Waals surface area contributed by atoms with Crippen LogP contribution in [0.3, 0.4) is 0 Å². The molecule has 9 heteroatoms. The van der Waals surface area contributed by atoms with Crippen molar-refractivity contribution in [2.75, 3.05) is 26.9 Å². The highest BCUT2D eigenvalue weighted by Crippen LogP contribution is 2.14. The third-order valence-electron chi connectivity index (χ3n) is 3.63. The number of carbonyl (C=O) groups is 3. The van der Waals surface area contributed by atoms with Gasteiger partial charge in [-0.05, 0) is 24.6 Å². The van der Waals surface area contributed by atoms with Crippen LogP contribution in [0.2, 0.25) is 0 Å². The molecule has 1 atom stereocenters. The molecule has 1 unspecified atom stereocenters. The molecule has 1 saturated heterocycles. The Balaban J connectivity index is 2.00. The minimum absolute atomic E-state index is 0.00368. The molecule has 1 N–H and O–H groups in total. The SMILES string of the molecule is CCOC(=O)CC(C(=O)OC)N1CN(N[N+]#Cc2ccccc2)CC1=O. The van der Waals surface area contributed by atoms with Crippen molar-refractivity contribution >= 4 is 17.8 Å². The van der Waals surface area contributed by atoms with Crippen molar-refractivity contribution in [3.05, 3.63) is 40.8 Å². The molecule has 138 valence electrons. The van der Waals surface area contributed by atoms with E-state index in [1.807, 2.05) is 30.3 Å². The summed E-state index contributed by atoms with van der Waals surface area (Å²) in [4.78, 5) is 41.2. The second-order valence-corrected chi connectivity index (χ2v) is 5.44. The van der Waals surface area contributed by atoms with Crippen molar-refractivity contribution in [3.8, 4) is 6.07 Å². The number of amides is 1. The van der Waals surface area contributed by atoms with Gasteiger partial charge in [0, 0.05) is 0 Å². The first-order chi connectivity index (χ1) is 12.5. The molecule has 2 rings (SSSR count). The standard InChI is InChI=1S/C17H21N4O5/c1-3-26-16(23)9-14(17(24)25-2)21-12-20(11-15(21)22)19-18-10-13-7-5-4-6-8-13/h4-8,14,19H,3,9,11-12H2,1-2H3/q+1. The molecule has 1 amide bonds. The third-order valence-corrected chi connectivity index (χ3v) is 3.63. The molecule has 1 heterocycles. The number of nitrogens with one attached hydrogen (secondary N) is 1. The van der Waals surface area contributed by atoms with Crippen molar-refractivity contribution in [1.82, 2.24) is 15.4 Å². The molecule has 1 aliphatic rings. The number of hydrogen-bond acceptors (Lipinski definition) is 7. The van der Waals surface area contributed by atoms with Crippen LogP contribution in [0, 0.1) is 6.07 Å². The quantitative estimate of drug-likeness (QED) is 0.578. The van der Waals surface area contributed by atoms with Gasteiger partial charge in [-0.1, -0.05) is 18.2 Å². The van der Waals surface area contributed by atoms with Crippen LogP contribution in [0.15, 0.2) is 30.3 Å². The zero-order valence-corrected chi connectivity index (χ0v) is 14.7. The minimum Gasteiger partial charge on any atom is -0.467 e. The highest BCUT2D eigenvalue weighted by molar-refractivity contribution is 5.89. The highest BCUT2D eigenvalue weighted by atomic mass is 16.5. The van der Waals surface area contributed by atoms with Crippen molar-refractivity contribution in [2.45, 2.75) is 19.4 Å². The Bertz CT molecular complexity index is 713. The van der Waals surface area contributed by atoms with Crippen LogP contribution >= 0.6 is 0 Å². The van der Waals surface area contributed by atoms with Crippen molar-refractivity contribution in [2.24, 2.45) is 0 Å². The Labute approximate surface area is 151 Å². The van der Waals surface area contributed by atoms with Gasteiger partial charge in [-0.3, -0.25) is 9.59 Å². The van der Waals surface area contributed by atoms with Gasteiger partial charge < -0.3 is 14.4 Å². The average Bonchev–Trinajstić information content (AvgIpc) is 3.00. The summed E-state index contributed by atoms with van der Waals surface area (Å²) in [5.41, 5.74) is 3.47. The average molecular weight is 361 g/mol. The van der Waals surface area contributed by atoms with E-state index in [1.54, 1.807) is 6.92 Å². The largest absolute Gasteiger partial charge is 0.467 e. The van der Waals surface area contributed by atoms with E-state index in [4.69, 9.17) is 9.47 Å². The maximum Gasteiger partial charge on any atom is 0.358 e. The van der Waals surface area contributed by atoms with Crippen LogP contribution in [-0.4, -0.2) is 60.7 Å². The zero-order valence-electron chi connectivity index (χ0n) is 14.7. The highest BCUT2D eigenvalue weighted by Gasteiger charge is 2.40. The normalized spacial score (nSPS) is 15.0. The number of ether oxygens (including phenoxy) is 2. The van der Waals surface area contributed by atoms with Gasteiger partial charge >= 0.3 is 18.0 Å². The number of rotatable bonds is 6. The minimum atomic E-state index is -1.04. The van der Waals surface area contributed by atoms with E-state index in [9.17, 15) is 14.4 Å². The summed E-state index contributed by atoms with van der Waals surface area (Å²) in [6.07, 6.45) is -0.264. The van der Waals surface area contributed by atoms with E-state index in [0.717, 1.165) is 5.56 Å². The molecule has 1 fully saturated rings. The number of nitrogens with zero attached hydrogens (tertiary/aromatic N) is 3. The molecule has 1 aliphatic heterocycles. The first-order valence-corrected chi connectivity index (χ1v) is 8.09. The Morgan fingerprint density at radius 1 is 1.35 bits per heavy atom. The van der Waals surface area contributed by atoms with E-state index >= 15 is 0 Å². The summed E-state index contributed by atoms with van der Waals surface area (Å²) in [5, 5.41) is 1.50. The Morgan fingerprint density at radius 3 is 2.73 bits per heavy atom. The number of carbonyl (C=O) groups excluding carboxylic acids is 3. The van der Waals surface area contributed by atoms with Crippen molar-refractivity contribution < 1.29 is 23.9 Å². The predicted molar refractivity (Wildman–Crippen MR) is 91.4 cm³/mol. The fourth-order valence-electron chi connectivity index (χ4n) is 2.41. The number of hydrazine groups is 1. The molecular weight excluding hydrogens is 340 g/mol. The second-order valence-electron chi connectivity index (χ2n) is 5.44. The lowest BCUT2D eigenvalue weighted by Crippen LogP contribution is -2.45. The second kappa shape index (κ2) is 9.39. The molecule has 0 saturated carbocycles. The van der Waals surface area contributed by atoms with Crippen LogP contribution in [0.4, 0.5) is 0 Å². The molecular formula is C17H21N4O5+. The maximum atomic E-state index is 12.2. The number of esters is 2. The van der Waals surface area contributed by atoms with Gasteiger partial charge in [-0.15, -0.1) is 5.01 Å². The fraction of sp³-hybridized carbons (Fsp3) is 0.412. The van der Waals surface area contributed by atoms with Crippen molar-refractivity contribution in [3.63, 3.8) is 0 Å². The van der Waals surface area contributed by atoms with Gasteiger partial charge in [0.1, 0.15) is 23.1 Å². The van der Waals surface area contributed by atoms with Crippen LogP contribution < -0.4 is 5.53 Å². The van der Waals surface area contributed by atoms with Crippen LogP contribution in [0.25, 0.3) is 4.95 Å². The van der Waals surface area contributed by atoms with Gasteiger partial charge in [0.05, 0.1) is 26.8 Å². The van der Waals surface area contributed by atoms with Gasteiger partial charge in [-0.25, -0.2) is 4.79 Å². The van der Waals surface area contributed by atoms with Crippen LogP contribution in [-0.2, 0) is 23.9 Å². The summed E-state index contributed by atoms with van der Waals surface area (Å²) < 4.78 is 9.57. The van der Waals surface area contributed by atoms with Crippen molar-refractivity contribution in [1.29, 1.82) is 0 Å². The van der Waals surface area contributed by atoms with Crippen LogP contribution in [0.1, 0.15) is 18.9 Å². The molecule has 1 aromatic rings. The Kier molecular flexibility index (Phi) is 6.93. The molecule has 0 bridgehead atoms. The Morgan fingerprint density at radius 2 is 2.08 bits per heavy atom. The predicted octanol–water partition coefficient (Wildman–Crippen LogP) is 0.384. The summed E-state index contributed by atoms with van der Waals surface area (Å²) in [7, 11) is 1.20. The summed E-state index contributed by atoms with van der Waals surface area (Å²) in [6, 6.07) is 11.0. The number of hydrogen-bond donors (Lipinski definition) is 1. The van der Waals surface area contributed by atoms with E-state index in [1.165, 1.54) is 17.0 Å². The lowest BCUT2D eigenvalue weighted by molar-refractivity contribution is -0.157. The first kappa shape index (κ1) is 19.2. The van der Waals surface area contributed by atoms with E-state index in [-0.39, 0.29) is 32.1 Å². The fourth-order valence-corrected chi connectivity index (χ4v) is 2.41. The lowest BCUT2D eigenvalue weighted by atomic mass is 10.2. The topological polar surface area (TPSA) is 92.5 Å². The smallest absolute Gasteiger partial charge is 0.358 e. The number of benzene rings is 1.